The zero-order valence-corrected chi connectivity index (χ0v) is 18.7. The van der Waals surface area contributed by atoms with E-state index in [0.717, 1.165) is 17.1 Å². The van der Waals surface area contributed by atoms with Gasteiger partial charge in [-0.25, -0.2) is 14.6 Å². The average molecular weight is 428 g/mol. The molecule has 0 saturated carbocycles. The van der Waals surface area contributed by atoms with Crippen molar-refractivity contribution in [2.24, 2.45) is 0 Å². The number of urea groups is 1. The molecule has 31 heavy (non-hydrogen) atoms. The fraction of sp³-hybridized carbons (Fsp3) is 0.500. The van der Waals surface area contributed by atoms with Gasteiger partial charge in [-0.3, -0.25) is 4.90 Å². The van der Waals surface area contributed by atoms with Crippen LogP contribution >= 0.6 is 0 Å². The maximum Gasteiger partial charge on any atom is 0.410 e. The van der Waals surface area contributed by atoms with Crippen LogP contribution in [0.3, 0.4) is 0 Å². The molecule has 0 N–H and O–H groups in total. The molecule has 3 amide bonds. The summed E-state index contributed by atoms with van der Waals surface area (Å²) < 4.78 is 13.0. The summed E-state index contributed by atoms with van der Waals surface area (Å²) in [5.41, 5.74) is 1.98. The van der Waals surface area contributed by atoms with Crippen LogP contribution in [0.15, 0.2) is 30.7 Å². The zero-order chi connectivity index (χ0) is 22.3. The number of hydrogen-bond acceptors (Lipinski definition) is 5. The van der Waals surface area contributed by atoms with E-state index in [0.29, 0.717) is 31.9 Å². The van der Waals surface area contributed by atoms with Crippen molar-refractivity contribution in [1.29, 1.82) is 0 Å². The van der Waals surface area contributed by atoms with Crippen molar-refractivity contribution in [2.45, 2.75) is 39.3 Å². The van der Waals surface area contributed by atoms with Gasteiger partial charge in [0.25, 0.3) is 0 Å². The van der Waals surface area contributed by atoms with Gasteiger partial charge in [-0.1, -0.05) is 0 Å². The van der Waals surface area contributed by atoms with Crippen molar-refractivity contribution in [3.63, 3.8) is 0 Å². The topological polar surface area (TPSA) is 80.1 Å². The van der Waals surface area contributed by atoms with Crippen LogP contribution in [0.5, 0.6) is 5.75 Å². The van der Waals surface area contributed by atoms with Gasteiger partial charge in [0.15, 0.2) is 0 Å². The molecule has 4 rings (SSSR count). The largest absolute Gasteiger partial charge is 0.494 e. The second kappa shape index (κ2) is 7.79. The lowest BCUT2D eigenvalue weighted by atomic mass is 10.2. The summed E-state index contributed by atoms with van der Waals surface area (Å²) >= 11 is 0. The number of nitrogens with zero attached hydrogens (tertiary/aromatic N) is 5. The van der Waals surface area contributed by atoms with E-state index in [4.69, 9.17) is 9.47 Å². The summed E-state index contributed by atoms with van der Waals surface area (Å²) in [6.45, 7) is 9.40. The highest BCUT2D eigenvalue weighted by molar-refractivity contribution is 5.95. The van der Waals surface area contributed by atoms with Crippen LogP contribution in [0.4, 0.5) is 15.3 Å². The van der Waals surface area contributed by atoms with E-state index < -0.39 is 5.60 Å². The number of carbonyl (C=O) groups is 2. The number of carbonyl (C=O) groups excluding carboxylic acids is 2. The van der Waals surface area contributed by atoms with Crippen LogP contribution < -0.4 is 9.64 Å². The molecule has 2 aliphatic rings. The maximum absolute atomic E-state index is 13.1. The van der Waals surface area contributed by atoms with Crippen molar-refractivity contribution in [2.75, 3.05) is 38.2 Å². The Kier molecular flexibility index (Phi) is 5.28. The minimum atomic E-state index is -0.544. The van der Waals surface area contributed by atoms with Gasteiger partial charge in [0.2, 0.25) is 0 Å². The standard InChI is InChI=1S/C22H29N5O4/c1-15-11-25(14-23-15)18-7-6-16(10-19(18)30-5)27-13-17-12-24(8-9-26(17)20(27)28)21(29)31-22(2,3)4/h6-7,10-11,14,17H,8-9,12-13H2,1-5H3. The Labute approximate surface area is 182 Å². The molecule has 0 aliphatic carbocycles. The lowest BCUT2D eigenvalue weighted by Gasteiger charge is -2.36. The van der Waals surface area contributed by atoms with Crippen LogP contribution in [-0.4, -0.2) is 76.4 Å². The van der Waals surface area contributed by atoms with Crippen LogP contribution in [-0.2, 0) is 4.74 Å². The smallest absolute Gasteiger partial charge is 0.410 e. The summed E-state index contributed by atoms with van der Waals surface area (Å²) in [4.78, 5) is 35.1. The number of aryl methyl sites for hydroxylation is 1. The molecule has 2 aliphatic heterocycles. The Morgan fingerprint density at radius 2 is 1.97 bits per heavy atom. The van der Waals surface area contributed by atoms with Gasteiger partial charge in [0.05, 0.1) is 30.9 Å². The number of hydrogen-bond donors (Lipinski definition) is 0. The number of anilines is 1. The number of piperazine rings is 1. The SMILES string of the molecule is COc1cc(N2CC3CN(C(=O)OC(C)(C)C)CCN3C2=O)ccc1-n1cnc(C)c1. The van der Waals surface area contributed by atoms with Crippen molar-refractivity contribution in [3.8, 4) is 11.4 Å². The Morgan fingerprint density at radius 1 is 1.19 bits per heavy atom. The molecule has 0 spiro atoms. The Hall–Kier alpha value is -3.23. The maximum atomic E-state index is 13.1. The van der Waals surface area contributed by atoms with Crippen molar-refractivity contribution in [3.05, 3.63) is 36.4 Å². The van der Waals surface area contributed by atoms with E-state index in [-0.39, 0.29) is 18.2 Å². The fourth-order valence-corrected chi connectivity index (χ4v) is 4.02. The van der Waals surface area contributed by atoms with Gasteiger partial charge < -0.3 is 23.8 Å². The van der Waals surface area contributed by atoms with Crippen LogP contribution in [0, 0.1) is 6.92 Å². The minimum Gasteiger partial charge on any atom is -0.494 e. The molecule has 2 saturated heterocycles. The first kappa shape index (κ1) is 21.0. The molecule has 9 nitrogen and oxygen atoms in total. The van der Waals surface area contributed by atoms with Gasteiger partial charge in [-0.15, -0.1) is 0 Å². The number of ether oxygens (including phenoxy) is 2. The van der Waals surface area contributed by atoms with E-state index in [1.165, 1.54) is 0 Å². The fourth-order valence-electron chi connectivity index (χ4n) is 4.02. The first-order valence-corrected chi connectivity index (χ1v) is 10.4. The summed E-state index contributed by atoms with van der Waals surface area (Å²) in [7, 11) is 1.61. The molecule has 1 unspecified atom stereocenters. The lowest BCUT2D eigenvalue weighted by molar-refractivity contribution is 0.0128. The van der Waals surface area contributed by atoms with E-state index in [1.807, 2.05) is 61.6 Å². The van der Waals surface area contributed by atoms with Gasteiger partial charge in [-0.2, -0.15) is 0 Å². The predicted octanol–water partition coefficient (Wildman–Crippen LogP) is 3.05. The van der Waals surface area contributed by atoms with E-state index >= 15 is 0 Å². The molecule has 1 atom stereocenters. The van der Waals surface area contributed by atoms with E-state index in [1.54, 1.807) is 23.2 Å². The number of imidazole rings is 1. The average Bonchev–Trinajstić information content (AvgIpc) is 3.29. The predicted molar refractivity (Wildman–Crippen MR) is 116 cm³/mol. The van der Waals surface area contributed by atoms with Crippen molar-refractivity contribution in [1.82, 2.24) is 19.4 Å². The molecular formula is C22H29N5O4. The van der Waals surface area contributed by atoms with Crippen molar-refractivity contribution >= 4 is 17.8 Å². The highest BCUT2D eigenvalue weighted by Crippen LogP contribution is 2.32. The molecule has 1 aromatic carbocycles. The molecule has 2 fully saturated rings. The normalized spacial score (nSPS) is 18.9. The highest BCUT2D eigenvalue weighted by atomic mass is 16.6. The van der Waals surface area contributed by atoms with E-state index in [9.17, 15) is 9.59 Å². The number of amides is 3. The summed E-state index contributed by atoms with van der Waals surface area (Å²) in [5, 5.41) is 0. The zero-order valence-electron chi connectivity index (χ0n) is 18.7. The first-order valence-electron chi connectivity index (χ1n) is 10.4. The van der Waals surface area contributed by atoms with Gasteiger partial charge in [0, 0.05) is 44.1 Å². The monoisotopic (exact) mass is 427 g/mol. The van der Waals surface area contributed by atoms with Crippen LogP contribution in [0.2, 0.25) is 0 Å². The summed E-state index contributed by atoms with van der Waals surface area (Å²) in [6.07, 6.45) is 3.32. The minimum absolute atomic E-state index is 0.0536. The number of benzene rings is 1. The van der Waals surface area contributed by atoms with Crippen LogP contribution in [0.25, 0.3) is 5.69 Å². The molecule has 9 heteroatoms. The van der Waals surface area contributed by atoms with Gasteiger partial charge in [-0.05, 0) is 39.8 Å². The number of methoxy groups -OCH3 is 1. The Balaban J connectivity index is 1.52. The Morgan fingerprint density at radius 3 is 2.61 bits per heavy atom. The third kappa shape index (κ3) is 4.17. The molecule has 3 heterocycles. The first-order chi connectivity index (χ1) is 14.7. The van der Waals surface area contributed by atoms with Gasteiger partial charge >= 0.3 is 12.1 Å². The molecule has 1 aromatic heterocycles. The quantitative estimate of drug-likeness (QED) is 0.752. The van der Waals surface area contributed by atoms with Crippen molar-refractivity contribution < 1.29 is 19.1 Å². The third-order valence-electron chi connectivity index (χ3n) is 5.47. The summed E-state index contributed by atoms with van der Waals surface area (Å²) in [5.74, 6) is 0.656. The Bertz CT molecular complexity index is 996. The second-order valence-electron chi connectivity index (χ2n) is 8.95. The summed E-state index contributed by atoms with van der Waals surface area (Å²) in [6, 6.07) is 5.58. The molecule has 0 bridgehead atoms. The number of aromatic nitrogens is 2. The molecule has 166 valence electrons. The molecular weight excluding hydrogens is 398 g/mol. The lowest BCUT2D eigenvalue weighted by Crippen LogP contribution is -2.54. The third-order valence-corrected chi connectivity index (χ3v) is 5.47. The highest BCUT2D eigenvalue weighted by Gasteiger charge is 2.43. The molecule has 2 aromatic rings. The molecule has 0 radical (unpaired) electrons. The second-order valence-corrected chi connectivity index (χ2v) is 8.95. The van der Waals surface area contributed by atoms with Gasteiger partial charge in [0.1, 0.15) is 11.4 Å². The van der Waals surface area contributed by atoms with Crippen LogP contribution in [0.1, 0.15) is 26.5 Å². The van der Waals surface area contributed by atoms with E-state index in [2.05, 4.69) is 4.98 Å². The number of fused-ring (bicyclic) bond motifs is 1. The number of rotatable bonds is 3.